The van der Waals surface area contributed by atoms with Gasteiger partial charge in [-0.2, -0.15) is 5.10 Å². The molecule has 0 amide bonds. The molecule has 0 aliphatic rings. The van der Waals surface area contributed by atoms with Crippen LogP contribution in [0.25, 0.3) is 0 Å². The van der Waals surface area contributed by atoms with Crippen LogP contribution in [0.5, 0.6) is 0 Å². The molecular weight excluding hydrogens is 489 g/mol. The van der Waals surface area contributed by atoms with Gasteiger partial charge in [-0.25, -0.2) is 0 Å². The van der Waals surface area contributed by atoms with Gasteiger partial charge in [0, 0.05) is 17.5 Å². The van der Waals surface area contributed by atoms with Crippen molar-refractivity contribution >= 4 is 37.6 Å². The quantitative estimate of drug-likeness (QED) is 0.354. The first kappa shape index (κ1) is 22.6. The van der Waals surface area contributed by atoms with E-state index >= 15 is 0 Å². The standard InChI is InChI=1S/C21H25N2P.2ClH.Pd/c1-21(2,3)20-16-17(22-23-20)14-15-24(18-10-6-4-7-11-18)19-12-8-5-9-13-19;;;/h4-13,16H,14-15H2,1-3H3,(H,22,23);2*1H;/q;;;+2/p-1. The maximum atomic E-state index is 4.81. The Hall–Kier alpha value is -0.678. The Labute approximate surface area is 179 Å². The van der Waals surface area contributed by atoms with Crippen molar-refractivity contribution in [1.82, 2.24) is 10.2 Å². The number of rotatable bonds is 5. The number of aromatic amines is 1. The number of nitrogens with zero attached hydrogens (tertiary/aromatic N) is 1. The van der Waals surface area contributed by atoms with E-state index < -0.39 is 7.92 Å². The molecule has 1 N–H and O–H groups in total. The molecule has 0 radical (unpaired) electrons. The van der Waals surface area contributed by atoms with E-state index in [4.69, 9.17) is 19.1 Å². The van der Waals surface area contributed by atoms with Crippen molar-refractivity contribution in [2.45, 2.75) is 32.6 Å². The van der Waals surface area contributed by atoms with Crippen LogP contribution in [0.1, 0.15) is 32.2 Å². The Morgan fingerprint density at radius 1 is 0.926 bits per heavy atom. The van der Waals surface area contributed by atoms with Gasteiger partial charge < -0.3 is 0 Å². The summed E-state index contributed by atoms with van der Waals surface area (Å²) in [6.07, 6.45) is 2.21. The molecule has 3 aromatic rings. The van der Waals surface area contributed by atoms with Crippen LogP contribution in [-0.2, 0) is 27.8 Å². The fraction of sp³-hybridized carbons (Fsp3) is 0.286. The zero-order valence-corrected chi connectivity index (χ0v) is 19.9. The summed E-state index contributed by atoms with van der Waals surface area (Å²) in [5.74, 6) is 0. The number of hydrogen-bond acceptors (Lipinski definition) is 1. The first-order valence-corrected chi connectivity index (χ1v) is 14.5. The topological polar surface area (TPSA) is 28.7 Å². The molecule has 2 nitrogen and oxygen atoms in total. The van der Waals surface area contributed by atoms with Gasteiger partial charge in [0.25, 0.3) is 0 Å². The predicted molar refractivity (Wildman–Crippen MR) is 118 cm³/mol. The summed E-state index contributed by atoms with van der Waals surface area (Å²) in [6.45, 7) is 6.61. The molecular formula is C21H26Cl2N2PPd+. The predicted octanol–water partition coefficient (Wildman–Crippen LogP) is 5.49. The molecule has 1 aromatic heterocycles. The molecule has 0 saturated carbocycles. The van der Waals surface area contributed by atoms with E-state index in [0.29, 0.717) is 0 Å². The molecule has 0 bridgehead atoms. The van der Waals surface area contributed by atoms with Crippen LogP contribution in [0.2, 0.25) is 0 Å². The van der Waals surface area contributed by atoms with Crippen LogP contribution in [0.3, 0.4) is 0 Å². The summed E-state index contributed by atoms with van der Waals surface area (Å²) in [5.41, 5.74) is 2.49. The Morgan fingerprint density at radius 2 is 1.41 bits per heavy atom. The molecule has 0 aliphatic carbocycles. The fourth-order valence-electron chi connectivity index (χ4n) is 2.87. The molecule has 0 unspecified atom stereocenters. The third kappa shape index (κ3) is 7.34. The van der Waals surface area contributed by atoms with Gasteiger partial charge in [0.1, 0.15) is 0 Å². The van der Waals surface area contributed by atoms with Crippen LogP contribution >= 0.6 is 27.0 Å². The van der Waals surface area contributed by atoms with Gasteiger partial charge >= 0.3 is 35.0 Å². The number of hydrogen-bond donors (Lipinski definition) is 1. The van der Waals surface area contributed by atoms with Crippen molar-refractivity contribution in [3.8, 4) is 0 Å². The normalized spacial score (nSPS) is 11.3. The average molecular weight is 515 g/mol. The van der Waals surface area contributed by atoms with Gasteiger partial charge in [0.15, 0.2) is 0 Å². The second-order valence-corrected chi connectivity index (χ2v) is 12.3. The molecule has 27 heavy (non-hydrogen) atoms. The number of H-pyrrole nitrogens is 1. The van der Waals surface area contributed by atoms with Crippen LogP contribution < -0.4 is 10.6 Å². The summed E-state index contributed by atoms with van der Waals surface area (Å²) in [5, 5.41) is 10.7. The zero-order valence-electron chi connectivity index (χ0n) is 15.8. The van der Waals surface area contributed by atoms with Crippen molar-refractivity contribution in [2.24, 2.45) is 0 Å². The first-order valence-electron chi connectivity index (χ1n) is 8.79. The summed E-state index contributed by atoms with van der Waals surface area (Å²) in [4.78, 5) is 0. The number of aromatic nitrogens is 2. The minimum absolute atomic E-state index is 0.0986. The Kier molecular flexibility index (Phi) is 9.51. The molecule has 0 spiro atoms. The molecule has 0 aliphatic heterocycles. The van der Waals surface area contributed by atoms with Crippen molar-refractivity contribution < 1.29 is 15.9 Å². The third-order valence-corrected chi connectivity index (χ3v) is 7.10. The SMILES string of the molecule is CC(C)(C)c1cc(CC[PH+](c2ccccc2)c2ccccc2)[nH]n1.[Cl][Pd][Cl]. The maximum absolute atomic E-state index is 4.81. The van der Waals surface area contributed by atoms with Crippen LogP contribution in [-0.4, -0.2) is 16.4 Å². The number of aryl methyl sites for hydroxylation is 1. The molecule has 148 valence electrons. The third-order valence-electron chi connectivity index (χ3n) is 4.29. The van der Waals surface area contributed by atoms with Crippen molar-refractivity contribution in [3.05, 3.63) is 78.1 Å². The van der Waals surface area contributed by atoms with Crippen LogP contribution in [0.4, 0.5) is 0 Å². The van der Waals surface area contributed by atoms with Gasteiger partial charge in [-0.05, 0) is 30.3 Å². The molecule has 6 heteroatoms. The Morgan fingerprint density at radius 3 is 1.81 bits per heavy atom. The monoisotopic (exact) mass is 513 g/mol. The number of halogens is 2. The fourth-order valence-corrected chi connectivity index (χ4v) is 5.49. The molecule has 0 atom stereocenters. The summed E-state index contributed by atoms with van der Waals surface area (Å²) in [6, 6.07) is 24.1. The average Bonchev–Trinajstić information content (AvgIpc) is 3.14. The number of nitrogens with one attached hydrogen (secondary N) is 1. The first-order chi connectivity index (χ1) is 13.0. The van der Waals surface area contributed by atoms with Crippen molar-refractivity contribution in [1.29, 1.82) is 0 Å². The summed E-state index contributed by atoms with van der Waals surface area (Å²) < 4.78 is 0. The van der Waals surface area contributed by atoms with Gasteiger partial charge in [0.05, 0.1) is 30.4 Å². The van der Waals surface area contributed by atoms with Gasteiger partial charge in [-0.1, -0.05) is 57.2 Å². The van der Waals surface area contributed by atoms with E-state index in [1.165, 1.54) is 22.5 Å². The van der Waals surface area contributed by atoms with Gasteiger partial charge in [-0.15, -0.1) is 0 Å². The summed E-state index contributed by atoms with van der Waals surface area (Å²) in [7, 11) is 8.86. The minimum atomic E-state index is -0.771. The molecule has 3 rings (SSSR count). The van der Waals surface area contributed by atoms with Gasteiger partial charge in [0.2, 0.25) is 0 Å². The van der Waals surface area contributed by atoms with Crippen molar-refractivity contribution in [3.63, 3.8) is 0 Å². The van der Waals surface area contributed by atoms with E-state index in [2.05, 4.69) is 97.7 Å². The molecule has 0 saturated heterocycles. The van der Waals surface area contributed by atoms with Crippen LogP contribution in [0.15, 0.2) is 66.7 Å². The van der Waals surface area contributed by atoms with E-state index in [9.17, 15) is 0 Å². The Bertz CT molecular complexity index is 749. The van der Waals surface area contributed by atoms with E-state index in [1.807, 2.05) is 0 Å². The van der Waals surface area contributed by atoms with Crippen LogP contribution in [0, 0.1) is 0 Å². The molecule has 1 heterocycles. The Balaban J connectivity index is 0.000000817. The zero-order chi connectivity index (χ0) is 19.7. The molecule has 2 aromatic carbocycles. The van der Waals surface area contributed by atoms with E-state index in [0.717, 1.165) is 12.1 Å². The van der Waals surface area contributed by atoms with E-state index in [1.54, 1.807) is 0 Å². The number of benzene rings is 2. The second-order valence-electron chi connectivity index (χ2n) is 7.28. The summed E-state index contributed by atoms with van der Waals surface area (Å²) >= 11 is -0.106. The molecule has 0 fully saturated rings. The van der Waals surface area contributed by atoms with E-state index in [-0.39, 0.29) is 21.4 Å². The van der Waals surface area contributed by atoms with Crippen molar-refractivity contribution in [2.75, 3.05) is 6.16 Å². The second kappa shape index (κ2) is 11.4. The van der Waals surface area contributed by atoms with Gasteiger partial charge in [-0.3, -0.25) is 5.10 Å².